The first-order valence-electron chi connectivity index (χ1n) is 4.69. The number of piperidine rings is 1. The summed E-state index contributed by atoms with van der Waals surface area (Å²) in [5, 5.41) is 0. The Morgan fingerprint density at radius 2 is 2.54 bits per heavy atom. The van der Waals surface area contributed by atoms with E-state index in [1.807, 2.05) is 6.08 Å². The fourth-order valence-corrected chi connectivity index (χ4v) is 1.76. The highest BCUT2D eigenvalue weighted by molar-refractivity contribution is 5.72. The Kier molecular flexibility index (Phi) is 3.96. The SMILES string of the molecule is C=CCN1CCC[C@H](C(=O)OC)C1. The van der Waals surface area contributed by atoms with Crippen LogP contribution in [-0.2, 0) is 9.53 Å². The zero-order valence-electron chi connectivity index (χ0n) is 8.16. The molecule has 0 N–H and O–H groups in total. The molecule has 1 atom stereocenters. The number of hydrogen-bond donors (Lipinski definition) is 0. The van der Waals surface area contributed by atoms with E-state index >= 15 is 0 Å². The lowest BCUT2D eigenvalue weighted by Gasteiger charge is -2.30. The number of esters is 1. The van der Waals surface area contributed by atoms with Crippen molar-refractivity contribution < 1.29 is 9.53 Å². The van der Waals surface area contributed by atoms with Gasteiger partial charge in [-0.05, 0) is 19.4 Å². The molecule has 0 unspecified atom stereocenters. The maximum absolute atomic E-state index is 11.2. The van der Waals surface area contributed by atoms with E-state index in [1.165, 1.54) is 7.11 Å². The van der Waals surface area contributed by atoms with Crippen LogP contribution >= 0.6 is 0 Å². The molecule has 1 aliphatic heterocycles. The fraction of sp³-hybridized carbons (Fsp3) is 0.700. The van der Waals surface area contributed by atoms with Crippen molar-refractivity contribution in [2.24, 2.45) is 5.92 Å². The number of methoxy groups -OCH3 is 1. The van der Waals surface area contributed by atoms with E-state index in [1.54, 1.807) is 0 Å². The van der Waals surface area contributed by atoms with E-state index in [4.69, 9.17) is 4.74 Å². The first kappa shape index (κ1) is 10.3. The molecule has 0 bridgehead atoms. The van der Waals surface area contributed by atoms with Crippen molar-refractivity contribution in [2.75, 3.05) is 26.7 Å². The second-order valence-corrected chi connectivity index (χ2v) is 3.41. The quantitative estimate of drug-likeness (QED) is 0.484. The van der Waals surface area contributed by atoms with Crippen LogP contribution in [-0.4, -0.2) is 37.6 Å². The summed E-state index contributed by atoms with van der Waals surface area (Å²) in [7, 11) is 1.45. The summed E-state index contributed by atoms with van der Waals surface area (Å²) >= 11 is 0. The van der Waals surface area contributed by atoms with E-state index in [2.05, 4.69) is 11.5 Å². The molecule has 0 aliphatic carbocycles. The van der Waals surface area contributed by atoms with Gasteiger partial charge in [0.2, 0.25) is 0 Å². The van der Waals surface area contributed by atoms with Gasteiger partial charge in [-0.3, -0.25) is 9.69 Å². The zero-order valence-corrected chi connectivity index (χ0v) is 8.16. The Labute approximate surface area is 79.4 Å². The van der Waals surface area contributed by atoms with Crippen molar-refractivity contribution in [1.82, 2.24) is 4.90 Å². The van der Waals surface area contributed by atoms with Crippen LogP contribution in [0.2, 0.25) is 0 Å². The van der Waals surface area contributed by atoms with Gasteiger partial charge < -0.3 is 4.74 Å². The van der Waals surface area contributed by atoms with Crippen LogP contribution in [0.1, 0.15) is 12.8 Å². The van der Waals surface area contributed by atoms with Gasteiger partial charge in [-0.1, -0.05) is 6.08 Å². The van der Waals surface area contributed by atoms with Crippen molar-refractivity contribution >= 4 is 5.97 Å². The first-order chi connectivity index (χ1) is 6.27. The average Bonchev–Trinajstić information content (AvgIpc) is 2.18. The molecule has 1 heterocycles. The molecule has 3 nitrogen and oxygen atoms in total. The Hall–Kier alpha value is -0.830. The highest BCUT2D eigenvalue weighted by atomic mass is 16.5. The summed E-state index contributed by atoms with van der Waals surface area (Å²) < 4.78 is 4.72. The molecule has 1 rings (SSSR count). The van der Waals surface area contributed by atoms with Gasteiger partial charge in [-0.2, -0.15) is 0 Å². The minimum atomic E-state index is -0.0752. The van der Waals surface area contributed by atoms with Gasteiger partial charge in [0.25, 0.3) is 0 Å². The van der Waals surface area contributed by atoms with Gasteiger partial charge in [-0.25, -0.2) is 0 Å². The molecule has 3 heteroatoms. The molecule has 0 aromatic rings. The lowest BCUT2D eigenvalue weighted by molar-refractivity contribution is -0.147. The van der Waals surface area contributed by atoms with Crippen LogP contribution in [0, 0.1) is 5.92 Å². The van der Waals surface area contributed by atoms with Crippen molar-refractivity contribution in [3.8, 4) is 0 Å². The number of hydrogen-bond acceptors (Lipinski definition) is 3. The predicted octanol–water partition coefficient (Wildman–Crippen LogP) is 1.06. The molecule has 0 aromatic carbocycles. The molecule has 1 aliphatic rings. The van der Waals surface area contributed by atoms with Crippen LogP contribution in [0.3, 0.4) is 0 Å². The zero-order chi connectivity index (χ0) is 9.68. The van der Waals surface area contributed by atoms with Gasteiger partial charge >= 0.3 is 5.97 Å². The average molecular weight is 183 g/mol. The van der Waals surface area contributed by atoms with Crippen LogP contribution < -0.4 is 0 Å². The smallest absolute Gasteiger partial charge is 0.309 e. The van der Waals surface area contributed by atoms with Crippen molar-refractivity contribution in [3.63, 3.8) is 0 Å². The molecule has 0 saturated carbocycles. The maximum atomic E-state index is 11.2. The summed E-state index contributed by atoms with van der Waals surface area (Å²) in [5.74, 6) is -0.00698. The minimum Gasteiger partial charge on any atom is -0.469 e. The van der Waals surface area contributed by atoms with Gasteiger partial charge in [0, 0.05) is 13.1 Å². The number of likely N-dealkylation sites (tertiary alicyclic amines) is 1. The molecular weight excluding hydrogens is 166 g/mol. The molecule has 74 valence electrons. The lowest BCUT2D eigenvalue weighted by Crippen LogP contribution is -2.39. The van der Waals surface area contributed by atoms with E-state index in [0.29, 0.717) is 0 Å². The molecule has 1 saturated heterocycles. The lowest BCUT2D eigenvalue weighted by atomic mass is 9.98. The molecular formula is C10H17NO2. The first-order valence-corrected chi connectivity index (χ1v) is 4.69. The fourth-order valence-electron chi connectivity index (χ4n) is 1.76. The van der Waals surface area contributed by atoms with Gasteiger partial charge in [0.15, 0.2) is 0 Å². The van der Waals surface area contributed by atoms with E-state index in [9.17, 15) is 4.79 Å². The Morgan fingerprint density at radius 3 is 3.15 bits per heavy atom. The normalized spacial score (nSPS) is 23.9. The van der Waals surface area contributed by atoms with Crippen molar-refractivity contribution in [3.05, 3.63) is 12.7 Å². The molecule has 0 spiro atoms. The highest BCUT2D eigenvalue weighted by Gasteiger charge is 2.25. The van der Waals surface area contributed by atoms with Gasteiger partial charge in [0.05, 0.1) is 13.0 Å². The van der Waals surface area contributed by atoms with E-state index in [0.717, 1.165) is 32.5 Å². The van der Waals surface area contributed by atoms with Crippen LogP contribution in [0.25, 0.3) is 0 Å². The third-order valence-electron chi connectivity index (χ3n) is 2.43. The summed E-state index contributed by atoms with van der Waals surface area (Å²) in [4.78, 5) is 13.5. The molecule has 0 aromatic heterocycles. The molecule has 1 fully saturated rings. The largest absolute Gasteiger partial charge is 0.469 e. The summed E-state index contributed by atoms with van der Waals surface area (Å²) in [5.41, 5.74) is 0. The van der Waals surface area contributed by atoms with Crippen LogP contribution in [0.5, 0.6) is 0 Å². The summed E-state index contributed by atoms with van der Waals surface area (Å²) in [6.45, 7) is 6.44. The number of nitrogens with zero attached hydrogens (tertiary/aromatic N) is 1. The third-order valence-corrected chi connectivity index (χ3v) is 2.43. The Morgan fingerprint density at radius 1 is 1.77 bits per heavy atom. The summed E-state index contributed by atoms with van der Waals surface area (Å²) in [6, 6.07) is 0. The van der Waals surface area contributed by atoms with Gasteiger partial charge in [-0.15, -0.1) is 6.58 Å². The predicted molar refractivity (Wildman–Crippen MR) is 51.4 cm³/mol. The van der Waals surface area contributed by atoms with Gasteiger partial charge in [0.1, 0.15) is 0 Å². The Bertz CT molecular complexity index is 191. The molecule has 0 radical (unpaired) electrons. The second kappa shape index (κ2) is 5.02. The van der Waals surface area contributed by atoms with Crippen LogP contribution in [0.15, 0.2) is 12.7 Å². The van der Waals surface area contributed by atoms with Crippen molar-refractivity contribution in [1.29, 1.82) is 0 Å². The monoisotopic (exact) mass is 183 g/mol. The summed E-state index contributed by atoms with van der Waals surface area (Å²) in [6.07, 6.45) is 3.91. The topological polar surface area (TPSA) is 29.5 Å². The molecule has 0 amide bonds. The number of carbonyl (C=O) groups is 1. The standard InChI is InChI=1S/C10H17NO2/c1-3-6-11-7-4-5-9(8-11)10(12)13-2/h3,9H,1,4-8H2,2H3/t9-/m0/s1. The number of carbonyl (C=O) groups excluding carboxylic acids is 1. The number of rotatable bonds is 3. The van der Waals surface area contributed by atoms with E-state index in [-0.39, 0.29) is 11.9 Å². The third kappa shape index (κ3) is 2.84. The minimum absolute atomic E-state index is 0.0682. The van der Waals surface area contributed by atoms with Crippen molar-refractivity contribution in [2.45, 2.75) is 12.8 Å². The number of ether oxygens (including phenoxy) is 1. The maximum Gasteiger partial charge on any atom is 0.309 e. The van der Waals surface area contributed by atoms with Crippen LogP contribution in [0.4, 0.5) is 0 Å². The Balaban J connectivity index is 2.41. The molecule has 13 heavy (non-hydrogen) atoms. The highest BCUT2D eigenvalue weighted by Crippen LogP contribution is 2.17. The van der Waals surface area contributed by atoms with E-state index < -0.39 is 0 Å². The second-order valence-electron chi connectivity index (χ2n) is 3.41.